The van der Waals surface area contributed by atoms with Crippen molar-refractivity contribution in [1.29, 1.82) is 0 Å². The molecule has 0 bridgehead atoms. The Morgan fingerprint density at radius 1 is 1.43 bits per heavy atom. The van der Waals surface area contributed by atoms with Gasteiger partial charge in [0.1, 0.15) is 5.82 Å². The molecule has 2 aromatic rings. The Kier molecular flexibility index (Phi) is 3.45. The van der Waals surface area contributed by atoms with E-state index in [1.165, 1.54) is 0 Å². The Hall–Kier alpha value is -1.88. The fraction of sp³-hybridized carbons (Fsp3) is 0.500. The lowest BCUT2D eigenvalue weighted by Gasteiger charge is -2.38. The molecule has 112 valence electrons. The van der Waals surface area contributed by atoms with Crippen molar-refractivity contribution in [3.05, 3.63) is 24.0 Å². The highest BCUT2D eigenvalue weighted by Gasteiger charge is 2.37. The summed E-state index contributed by atoms with van der Waals surface area (Å²) < 4.78 is 0. The van der Waals surface area contributed by atoms with Crippen molar-refractivity contribution in [2.24, 2.45) is 5.41 Å². The van der Waals surface area contributed by atoms with Crippen LogP contribution in [0.5, 0.6) is 0 Å². The van der Waals surface area contributed by atoms with E-state index in [1.54, 1.807) is 0 Å². The van der Waals surface area contributed by atoms with E-state index in [0.29, 0.717) is 0 Å². The molecule has 1 unspecified atom stereocenters. The molecule has 3 N–H and O–H groups in total. The van der Waals surface area contributed by atoms with Crippen LogP contribution in [0.15, 0.2) is 18.2 Å². The van der Waals surface area contributed by atoms with Crippen LogP contribution >= 0.6 is 0 Å². The van der Waals surface area contributed by atoms with Crippen LogP contribution in [0.4, 0.5) is 5.69 Å². The number of piperidine rings is 1. The van der Waals surface area contributed by atoms with Crippen molar-refractivity contribution in [2.45, 2.75) is 39.7 Å². The van der Waals surface area contributed by atoms with Crippen molar-refractivity contribution < 1.29 is 4.79 Å². The van der Waals surface area contributed by atoms with E-state index in [2.05, 4.69) is 34.4 Å². The van der Waals surface area contributed by atoms with Crippen molar-refractivity contribution in [3.63, 3.8) is 0 Å². The molecule has 0 saturated carbocycles. The van der Waals surface area contributed by atoms with Gasteiger partial charge in [0.05, 0.1) is 17.1 Å². The third-order valence-electron chi connectivity index (χ3n) is 4.26. The molecule has 0 radical (unpaired) electrons. The number of rotatable bonds is 2. The number of anilines is 1. The zero-order chi connectivity index (χ0) is 15.0. The summed E-state index contributed by atoms with van der Waals surface area (Å²) in [5, 5.41) is 6.36. The average Bonchev–Trinajstić information content (AvgIpc) is 2.77. The number of carbonyl (C=O) groups is 1. The van der Waals surface area contributed by atoms with Crippen LogP contribution in [-0.2, 0) is 4.79 Å². The van der Waals surface area contributed by atoms with E-state index < -0.39 is 0 Å². The lowest BCUT2D eigenvalue weighted by atomic mass is 9.77. The normalized spacial score (nSPS) is 21.4. The summed E-state index contributed by atoms with van der Waals surface area (Å²) in [6, 6.07) is 5.61. The predicted molar refractivity (Wildman–Crippen MR) is 84.3 cm³/mol. The van der Waals surface area contributed by atoms with Crippen LogP contribution in [-0.4, -0.2) is 28.5 Å². The topological polar surface area (TPSA) is 69.8 Å². The zero-order valence-corrected chi connectivity index (χ0v) is 12.8. The molecule has 5 heteroatoms. The van der Waals surface area contributed by atoms with E-state index in [1.807, 2.05) is 25.1 Å². The molecule has 1 aliphatic heterocycles. The lowest BCUT2D eigenvalue weighted by molar-refractivity contribution is -0.121. The predicted octanol–water partition coefficient (Wildman–Crippen LogP) is 2.59. The Bertz CT molecular complexity index is 674. The van der Waals surface area contributed by atoms with Gasteiger partial charge in [0.2, 0.25) is 5.91 Å². The van der Waals surface area contributed by atoms with Crippen LogP contribution in [0.25, 0.3) is 11.0 Å². The molecule has 5 nitrogen and oxygen atoms in total. The van der Waals surface area contributed by atoms with E-state index in [0.717, 1.165) is 41.9 Å². The molecule has 1 fully saturated rings. The highest BCUT2D eigenvalue weighted by atomic mass is 16.2. The molecule has 0 aliphatic carbocycles. The highest BCUT2D eigenvalue weighted by Crippen LogP contribution is 2.31. The molecule has 3 rings (SSSR count). The number of hydrogen-bond donors (Lipinski definition) is 3. The second-order valence-electron chi connectivity index (χ2n) is 6.52. The summed E-state index contributed by atoms with van der Waals surface area (Å²) in [7, 11) is 0. The number of hydrogen-bond acceptors (Lipinski definition) is 3. The number of nitrogens with one attached hydrogen (secondary N) is 3. The first-order valence-electron chi connectivity index (χ1n) is 7.46. The van der Waals surface area contributed by atoms with Crippen LogP contribution in [0.3, 0.4) is 0 Å². The lowest BCUT2D eigenvalue weighted by Crippen LogP contribution is -2.53. The van der Waals surface area contributed by atoms with Gasteiger partial charge in [-0.3, -0.25) is 4.79 Å². The van der Waals surface area contributed by atoms with Gasteiger partial charge in [-0.15, -0.1) is 0 Å². The fourth-order valence-corrected chi connectivity index (χ4v) is 3.09. The van der Waals surface area contributed by atoms with E-state index >= 15 is 0 Å². The van der Waals surface area contributed by atoms with E-state index in [9.17, 15) is 4.79 Å². The molecule has 1 aromatic heterocycles. The second-order valence-corrected chi connectivity index (χ2v) is 6.52. The number of amides is 1. The number of nitrogens with zero attached hydrogens (tertiary/aromatic N) is 1. The molecule has 1 atom stereocenters. The first-order chi connectivity index (χ1) is 9.95. The SMILES string of the molecule is Cc1nc2ccc(NC(=O)C3NCCCC3(C)C)cc2[nH]1. The number of benzene rings is 1. The monoisotopic (exact) mass is 286 g/mol. The van der Waals surface area contributed by atoms with Crippen molar-refractivity contribution >= 4 is 22.6 Å². The summed E-state index contributed by atoms with van der Waals surface area (Å²) in [6.45, 7) is 7.11. The number of carbonyl (C=O) groups excluding carboxylic acids is 1. The highest BCUT2D eigenvalue weighted by molar-refractivity contribution is 5.97. The first kappa shape index (κ1) is 14.1. The molecule has 1 saturated heterocycles. The van der Waals surface area contributed by atoms with E-state index in [-0.39, 0.29) is 17.4 Å². The van der Waals surface area contributed by atoms with Gasteiger partial charge < -0.3 is 15.6 Å². The van der Waals surface area contributed by atoms with Crippen LogP contribution in [0, 0.1) is 12.3 Å². The minimum Gasteiger partial charge on any atom is -0.342 e. The number of imidazole rings is 1. The molecule has 21 heavy (non-hydrogen) atoms. The standard InChI is InChI=1S/C16H22N4O/c1-10-18-12-6-5-11(9-13(12)19-10)20-15(21)14-16(2,3)7-4-8-17-14/h5-6,9,14,17H,4,7-8H2,1-3H3,(H,18,19)(H,20,21). The fourth-order valence-electron chi connectivity index (χ4n) is 3.09. The number of fused-ring (bicyclic) bond motifs is 1. The van der Waals surface area contributed by atoms with Crippen LogP contribution in [0.2, 0.25) is 0 Å². The summed E-state index contributed by atoms with van der Waals surface area (Å²) in [5.41, 5.74) is 2.65. The number of H-pyrrole nitrogens is 1. The number of aryl methyl sites for hydroxylation is 1. The maximum absolute atomic E-state index is 12.5. The largest absolute Gasteiger partial charge is 0.342 e. The van der Waals surface area contributed by atoms with Crippen LogP contribution < -0.4 is 10.6 Å². The Balaban J connectivity index is 1.79. The summed E-state index contributed by atoms with van der Waals surface area (Å²) in [6.07, 6.45) is 2.19. The smallest absolute Gasteiger partial charge is 0.242 e. The third kappa shape index (κ3) is 2.78. The quantitative estimate of drug-likeness (QED) is 0.794. The summed E-state index contributed by atoms with van der Waals surface area (Å²) >= 11 is 0. The summed E-state index contributed by atoms with van der Waals surface area (Å²) in [5.74, 6) is 0.916. The molecule has 2 heterocycles. The van der Waals surface area contributed by atoms with Gasteiger partial charge in [-0.1, -0.05) is 13.8 Å². The second kappa shape index (κ2) is 5.15. The minimum absolute atomic E-state index is 0.0169. The Morgan fingerprint density at radius 3 is 3.00 bits per heavy atom. The number of aromatic amines is 1. The molecule has 1 aliphatic rings. The molecule has 0 spiro atoms. The molecular formula is C16H22N4O. The van der Waals surface area contributed by atoms with Gasteiger partial charge in [0.15, 0.2) is 0 Å². The molecular weight excluding hydrogens is 264 g/mol. The maximum Gasteiger partial charge on any atom is 0.242 e. The van der Waals surface area contributed by atoms with Crippen molar-refractivity contribution in [2.75, 3.05) is 11.9 Å². The minimum atomic E-state index is -0.148. The Morgan fingerprint density at radius 2 is 2.24 bits per heavy atom. The molecule has 1 amide bonds. The van der Waals surface area contributed by atoms with Crippen molar-refractivity contribution in [1.82, 2.24) is 15.3 Å². The number of aromatic nitrogens is 2. The average molecular weight is 286 g/mol. The van der Waals surface area contributed by atoms with Gasteiger partial charge in [0.25, 0.3) is 0 Å². The molecule has 1 aromatic carbocycles. The van der Waals surface area contributed by atoms with Gasteiger partial charge in [-0.2, -0.15) is 0 Å². The van der Waals surface area contributed by atoms with Gasteiger partial charge in [-0.05, 0) is 49.9 Å². The van der Waals surface area contributed by atoms with Gasteiger partial charge in [-0.25, -0.2) is 4.98 Å². The maximum atomic E-state index is 12.5. The Labute approximate surface area is 124 Å². The summed E-state index contributed by atoms with van der Waals surface area (Å²) in [4.78, 5) is 20.1. The van der Waals surface area contributed by atoms with Crippen LogP contribution in [0.1, 0.15) is 32.5 Å². The van der Waals surface area contributed by atoms with Gasteiger partial charge >= 0.3 is 0 Å². The van der Waals surface area contributed by atoms with Crippen molar-refractivity contribution in [3.8, 4) is 0 Å². The van der Waals surface area contributed by atoms with E-state index in [4.69, 9.17) is 0 Å². The zero-order valence-electron chi connectivity index (χ0n) is 12.8. The third-order valence-corrected chi connectivity index (χ3v) is 4.26. The van der Waals surface area contributed by atoms with Gasteiger partial charge in [0, 0.05) is 5.69 Å². The first-order valence-corrected chi connectivity index (χ1v) is 7.46.